The van der Waals surface area contributed by atoms with Gasteiger partial charge in [-0.15, -0.1) is 0 Å². The molecule has 0 spiro atoms. The molecule has 7 nitrogen and oxygen atoms in total. The molecule has 0 saturated carbocycles. The number of benzene rings is 2. The summed E-state index contributed by atoms with van der Waals surface area (Å²) in [4.78, 5) is 8.82. The number of hydrogen-bond donors (Lipinski definition) is 2. The van der Waals surface area contributed by atoms with Crippen LogP contribution in [0.25, 0.3) is 11.0 Å². The van der Waals surface area contributed by atoms with E-state index >= 15 is 0 Å². The van der Waals surface area contributed by atoms with Gasteiger partial charge in [0.15, 0.2) is 5.96 Å². The number of fused-ring (bicyclic) bond motifs is 1. The minimum absolute atomic E-state index is 0.485. The molecule has 1 aromatic heterocycles. The van der Waals surface area contributed by atoms with Crippen LogP contribution in [0.4, 0.5) is 0 Å². The first kappa shape index (κ1) is 22.1. The van der Waals surface area contributed by atoms with Gasteiger partial charge in [-0.05, 0) is 43.5 Å². The van der Waals surface area contributed by atoms with Gasteiger partial charge in [0.2, 0.25) is 0 Å². The number of nitrogens with zero attached hydrogens (tertiary/aromatic N) is 3. The van der Waals surface area contributed by atoms with Gasteiger partial charge in [0.1, 0.15) is 5.75 Å². The van der Waals surface area contributed by atoms with Crippen molar-refractivity contribution in [1.82, 2.24) is 20.2 Å². The average molecular weight is 436 g/mol. The summed E-state index contributed by atoms with van der Waals surface area (Å²) in [6.45, 7) is 6.82. The maximum atomic E-state index is 6.15. The van der Waals surface area contributed by atoms with E-state index in [2.05, 4.69) is 62.4 Å². The number of para-hydroxylation sites is 2. The molecule has 1 aliphatic heterocycles. The predicted octanol–water partition coefficient (Wildman–Crippen LogP) is 3.52. The molecule has 3 aromatic rings. The third-order valence-electron chi connectivity index (χ3n) is 5.79. The molecule has 4 rings (SSSR count). The Bertz CT molecular complexity index is 1040. The molecule has 1 saturated heterocycles. The molecule has 0 aliphatic carbocycles. The van der Waals surface area contributed by atoms with Crippen molar-refractivity contribution in [1.29, 1.82) is 0 Å². The summed E-state index contributed by atoms with van der Waals surface area (Å²) in [5.74, 6) is 2.21. The van der Waals surface area contributed by atoms with Crippen molar-refractivity contribution < 1.29 is 9.47 Å². The van der Waals surface area contributed by atoms with E-state index in [4.69, 9.17) is 9.47 Å². The molecule has 170 valence electrons. The Hall–Kier alpha value is -3.06. The number of rotatable bonds is 9. The third kappa shape index (κ3) is 5.79. The van der Waals surface area contributed by atoms with E-state index < -0.39 is 0 Å². The second-order valence-electron chi connectivity index (χ2n) is 8.28. The molecule has 2 N–H and O–H groups in total. The summed E-state index contributed by atoms with van der Waals surface area (Å²) in [5, 5.41) is 6.82. The van der Waals surface area contributed by atoms with Crippen molar-refractivity contribution in [3.63, 3.8) is 0 Å². The molecule has 1 aliphatic rings. The number of aliphatic imine (C=N–C) groups is 1. The molecular weight excluding hydrogens is 402 g/mol. The lowest BCUT2D eigenvalue weighted by molar-refractivity contribution is 0.166. The number of aromatic nitrogens is 2. The van der Waals surface area contributed by atoms with Gasteiger partial charge in [-0.3, -0.25) is 4.99 Å². The lowest BCUT2D eigenvalue weighted by Crippen LogP contribution is -2.37. The van der Waals surface area contributed by atoms with Gasteiger partial charge in [-0.2, -0.15) is 0 Å². The van der Waals surface area contributed by atoms with Crippen LogP contribution in [0.1, 0.15) is 24.0 Å². The first-order valence-electron chi connectivity index (χ1n) is 11.4. The molecule has 0 bridgehead atoms. The van der Waals surface area contributed by atoms with Crippen LogP contribution in [0.3, 0.4) is 0 Å². The maximum Gasteiger partial charge on any atom is 0.191 e. The van der Waals surface area contributed by atoms with E-state index in [-0.39, 0.29) is 0 Å². The fraction of sp³-hybridized carbons (Fsp3) is 0.440. The highest BCUT2D eigenvalue weighted by Crippen LogP contribution is 2.22. The topological polar surface area (TPSA) is 72.7 Å². The number of guanidine groups is 1. The number of nitrogens with one attached hydrogen (secondary N) is 2. The van der Waals surface area contributed by atoms with Crippen molar-refractivity contribution in [2.24, 2.45) is 10.9 Å². The largest absolute Gasteiger partial charge is 0.493 e. The average Bonchev–Trinajstić information content (AvgIpc) is 3.48. The molecule has 1 unspecified atom stereocenters. The van der Waals surface area contributed by atoms with Crippen LogP contribution in [0, 0.1) is 12.8 Å². The monoisotopic (exact) mass is 435 g/mol. The van der Waals surface area contributed by atoms with Crippen LogP contribution in [-0.2, 0) is 17.8 Å². The van der Waals surface area contributed by atoms with Crippen molar-refractivity contribution in [3.8, 4) is 5.75 Å². The van der Waals surface area contributed by atoms with E-state index in [0.717, 1.165) is 61.9 Å². The summed E-state index contributed by atoms with van der Waals surface area (Å²) >= 11 is 0. The Morgan fingerprint density at radius 1 is 1.25 bits per heavy atom. The van der Waals surface area contributed by atoms with E-state index in [1.165, 1.54) is 11.1 Å². The Morgan fingerprint density at radius 3 is 3.00 bits per heavy atom. The summed E-state index contributed by atoms with van der Waals surface area (Å²) in [7, 11) is 1.80. The SMILES string of the molecule is CN=C(NCCCn1cnc2ccccc21)NCc1ccc(C)cc1OCC1CCOC1. The van der Waals surface area contributed by atoms with Gasteiger partial charge in [0.25, 0.3) is 0 Å². The van der Waals surface area contributed by atoms with E-state index in [9.17, 15) is 0 Å². The maximum absolute atomic E-state index is 6.15. The second kappa shape index (κ2) is 11.0. The van der Waals surface area contributed by atoms with Crippen LogP contribution in [0.5, 0.6) is 5.75 Å². The fourth-order valence-corrected chi connectivity index (χ4v) is 3.91. The Morgan fingerprint density at radius 2 is 2.16 bits per heavy atom. The van der Waals surface area contributed by atoms with Crippen LogP contribution < -0.4 is 15.4 Å². The van der Waals surface area contributed by atoms with Crippen molar-refractivity contribution in [2.45, 2.75) is 32.9 Å². The zero-order chi connectivity index (χ0) is 22.2. The van der Waals surface area contributed by atoms with Gasteiger partial charge < -0.3 is 24.7 Å². The zero-order valence-corrected chi connectivity index (χ0v) is 19.0. The first-order valence-corrected chi connectivity index (χ1v) is 11.4. The Labute approximate surface area is 189 Å². The lowest BCUT2D eigenvalue weighted by atomic mass is 10.1. The van der Waals surface area contributed by atoms with Gasteiger partial charge in [0.05, 0.1) is 30.6 Å². The fourth-order valence-electron chi connectivity index (χ4n) is 3.91. The lowest BCUT2D eigenvalue weighted by Gasteiger charge is -2.17. The molecular formula is C25H33N5O2. The molecule has 2 aromatic carbocycles. The Kier molecular flexibility index (Phi) is 7.61. The van der Waals surface area contributed by atoms with Crippen molar-refractivity contribution >= 4 is 17.0 Å². The number of aryl methyl sites for hydroxylation is 2. The molecule has 7 heteroatoms. The van der Waals surface area contributed by atoms with Gasteiger partial charge in [-0.1, -0.05) is 24.3 Å². The number of hydrogen-bond acceptors (Lipinski definition) is 4. The molecule has 2 heterocycles. The van der Waals surface area contributed by atoms with Gasteiger partial charge >= 0.3 is 0 Å². The smallest absolute Gasteiger partial charge is 0.191 e. The molecule has 1 atom stereocenters. The van der Waals surface area contributed by atoms with Crippen LogP contribution in [0.2, 0.25) is 0 Å². The first-order chi connectivity index (χ1) is 15.7. The minimum Gasteiger partial charge on any atom is -0.493 e. The zero-order valence-electron chi connectivity index (χ0n) is 19.0. The number of imidazole rings is 1. The second-order valence-corrected chi connectivity index (χ2v) is 8.28. The highest BCUT2D eigenvalue weighted by molar-refractivity contribution is 5.79. The minimum atomic E-state index is 0.485. The van der Waals surface area contributed by atoms with Crippen LogP contribution in [0.15, 0.2) is 53.8 Å². The predicted molar refractivity (Wildman–Crippen MR) is 128 cm³/mol. The molecule has 1 fully saturated rings. The summed E-state index contributed by atoms with van der Waals surface area (Å²) < 4.78 is 13.8. The standard InChI is InChI=1S/C25H33N5O2/c1-19-8-9-21(24(14-19)32-17-20-10-13-31-16-20)15-28-25(26-2)27-11-5-12-30-18-29-22-6-3-4-7-23(22)30/h3-4,6-9,14,18,20H,5,10-13,15-17H2,1-2H3,(H2,26,27,28). The third-order valence-corrected chi connectivity index (χ3v) is 5.79. The van der Waals surface area contributed by atoms with E-state index in [1.54, 1.807) is 7.05 Å². The van der Waals surface area contributed by atoms with Crippen molar-refractivity contribution in [2.75, 3.05) is 33.4 Å². The van der Waals surface area contributed by atoms with E-state index in [1.807, 2.05) is 18.5 Å². The van der Waals surface area contributed by atoms with Crippen LogP contribution >= 0.6 is 0 Å². The molecule has 0 radical (unpaired) electrons. The van der Waals surface area contributed by atoms with E-state index in [0.29, 0.717) is 19.1 Å². The van der Waals surface area contributed by atoms with Gasteiger partial charge in [-0.25, -0.2) is 4.98 Å². The Balaban J connectivity index is 1.25. The highest BCUT2D eigenvalue weighted by Gasteiger charge is 2.17. The van der Waals surface area contributed by atoms with Gasteiger partial charge in [0, 0.05) is 44.8 Å². The molecule has 0 amide bonds. The van der Waals surface area contributed by atoms with Crippen LogP contribution in [-0.4, -0.2) is 48.9 Å². The molecule has 32 heavy (non-hydrogen) atoms. The summed E-state index contributed by atoms with van der Waals surface area (Å²) in [6, 6.07) is 14.6. The quantitative estimate of drug-likeness (QED) is 0.306. The van der Waals surface area contributed by atoms with Crippen molar-refractivity contribution in [3.05, 3.63) is 59.9 Å². The summed E-state index contributed by atoms with van der Waals surface area (Å²) in [5.41, 5.74) is 4.53. The normalized spacial score (nSPS) is 16.4. The number of ether oxygens (including phenoxy) is 2. The highest BCUT2D eigenvalue weighted by atomic mass is 16.5. The summed E-state index contributed by atoms with van der Waals surface area (Å²) in [6.07, 6.45) is 3.96.